The topological polar surface area (TPSA) is 95.7 Å². The molecule has 6 nitrogen and oxygen atoms in total. The number of rotatable bonds is 6. The largest absolute Gasteiger partial charge is 0.439 e. The summed E-state index contributed by atoms with van der Waals surface area (Å²) in [5.41, 5.74) is 5.59. The smallest absolute Gasteiger partial charge is 0.405 e. The van der Waals surface area contributed by atoms with Gasteiger partial charge in [-0.1, -0.05) is 19.1 Å². The van der Waals surface area contributed by atoms with Gasteiger partial charge in [-0.25, -0.2) is 13.2 Å². The molecule has 1 aromatic rings. The van der Waals surface area contributed by atoms with Crippen molar-refractivity contribution in [2.24, 2.45) is 5.73 Å². The predicted octanol–water partition coefficient (Wildman–Crippen LogP) is 1.26. The van der Waals surface area contributed by atoms with Crippen LogP contribution in [0.2, 0.25) is 0 Å². The van der Waals surface area contributed by atoms with Gasteiger partial charge in [0.25, 0.3) is 0 Å². The van der Waals surface area contributed by atoms with E-state index in [0.29, 0.717) is 5.56 Å². The van der Waals surface area contributed by atoms with Crippen molar-refractivity contribution in [1.29, 1.82) is 0 Å². The maximum Gasteiger partial charge on any atom is 0.405 e. The molecule has 1 rings (SSSR count). The minimum absolute atomic E-state index is 0.0334. The number of hydrogen-bond acceptors (Lipinski definition) is 5. The number of carbonyl (C=O) groups is 1. The molecule has 1 amide bonds. The molecule has 19 heavy (non-hydrogen) atoms. The first-order valence-corrected chi connectivity index (χ1v) is 7.33. The minimum atomic E-state index is -3.24. The number of nitrogens with two attached hydrogens (primary N) is 1. The van der Waals surface area contributed by atoms with E-state index in [2.05, 4.69) is 0 Å². The summed E-state index contributed by atoms with van der Waals surface area (Å²) in [5.74, 6) is 0.0334. The Balaban J connectivity index is 2.98. The van der Waals surface area contributed by atoms with Gasteiger partial charge in [-0.05, 0) is 17.7 Å². The summed E-state index contributed by atoms with van der Waals surface area (Å²) < 4.78 is 33.1. The third kappa shape index (κ3) is 4.22. The third-order valence-electron chi connectivity index (χ3n) is 2.57. The standard InChI is InChI=1S/C12H17NO5S/c1-3-19(15,16)10-6-4-9(5-7-10)11(8-17-2)18-12(13)14/h4-7,11H,3,8H2,1-2H3,(H2,13,14)/t11-/m0/s1. The Bertz CT molecular complexity index is 524. The van der Waals surface area contributed by atoms with Gasteiger partial charge in [0.05, 0.1) is 17.3 Å². The van der Waals surface area contributed by atoms with Crippen molar-refractivity contribution in [2.75, 3.05) is 19.5 Å². The van der Waals surface area contributed by atoms with Crippen LogP contribution in [-0.2, 0) is 19.3 Å². The predicted molar refractivity (Wildman–Crippen MR) is 69.5 cm³/mol. The fraction of sp³-hybridized carbons (Fsp3) is 0.417. The summed E-state index contributed by atoms with van der Waals surface area (Å²) in [4.78, 5) is 11.0. The molecule has 0 unspecified atom stereocenters. The van der Waals surface area contributed by atoms with E-state index in [9.17, 15) is 13.2 Å². The Hall–Kier alpha value is -1.60. The Morgan fingerprint density at radius 2 is 1.89 bits per heavy atom. The lowest BCUT2D eigenvalue weighted by Gasteiger charge is -2.16. The molecule has 0 aromatic heterocycles. The number of methoxy groups -OCH3 is 1. The van der Waals surface area contributed by atoms with Crippen LogP contribution in [0.15, 0.2) is 29.2 Å². The van der Waals surface area contributed by atoms with Gasteiger partial charge in [0.1, 0.15) is 0 Å². The zero-order valence-electron chi connectivity index (χ0n) is 10.8. The molecule has 0 spiro atoms. The van der Waals surface area contributed by atoms with Crippen molar-refractivity contribution in [1.82, 2.24) is 0 Å². The van der Waals surface area contributed by atoms with Crippen molar-refractivity contribution in [3.63, 3.8) is 0 Å². The molecule has 1 atom stereocenters. The molecule has 0 fully saturated rings. The lowest BCUT2D eigenvalue weighted by molar-refractivity contribution is 0.0432. The normalized spacial score (nSPS) is 12.9. The molecule has 7 heteroatoms. The van der Waals surface area contributed by atoms with E-state index in [-0.39, 0.29) is 17.3 Å². The van der Waals surface area contributed by atoms with Crippen molar-refractivity contribution in [3.05, 3.63) is 29.8 Å². The second kappa shape index (κ2) is 6.53. The first kappa shape index (κ1) is 15.5. The molecule has 0 saturated heterocycles. The second-order valence-corrected chi connectivity index (χ2v) is 6.13. The number of hydrogen-bond donors (Lipinski definition) is 1. The molecule has 0 bridgehead atoms. The third-order valence-corrected chi connectivity index (χ3v) is 4.32. The van der Waals surface area contributed by atoms with E-state index >= 15 is 0 Å². The van der Waals surface area contributed by atoms with E-state index < -0.39 is 22.0 Å². The van der Waals surface area contributed by atoms with Crippen molar-refractivity contribution >= 4 is 15.9 Å². The van der Waals surface area contributed by atoms with E-state index in [1.165, 1.54) is 19.2 Å². The van der Waals surface area contributed by atoms with Crippen LogP contribution >= 0.6 is 0 Å². The zero-order chi connectivity index (χ0) is 14.5. The molecule has 106 valence electrons. The Morgan fingerprint density at radius 1 is 1.32 bits per heavy atom. The first-order valence-electron chi connectivity index (χ1n) is 5.68. The minimum Gasteiger partial charge on any atom is -0.439 e. The van der Waals surface area contributed by atoms with Gasteiger partial charge >= 0.3 is 6.09 Å². The zero-order valence-corrected chi connectivity index (χ0v) is 11.6. The number of primary amides is 1. The Kier molecular flexibility index (Phi) is 5.31. The Labute approximate surface area is 112 Å². The summed E-state index contributed by atoms with van der Waals surface area (Å²) in [6.07, 6.45) is -1.56. The van der Waals surface area contributed by atoms with E-state index in [1.807, 2.05) is 0 Å². The SMILES string of the molecule is CCS(=O)(=O)c1ccc([C@H](COC)OC(N)=O)cc1. The number of benzene rings is 1. The number of amides is 1. The van der Waals surface area contributed by atoms with Crippen molar-refractivity contribution < 1.29 is 22.7 Å². The van der Waals surface area contributed by atoms with Gasteiger partial charge in [0.2, 0.25) is 0 Å². The number of sulfone groups is 1. The quantitative estimate of drug-likeness (QED) is 0.849. The monoisotopic (exact) mass is 287 g/mol. The summed E-state index contributed by atoms with van der Waals surface area (Å²) in [6.45, 7) is 1.72. The van der Waals surface area contributed by atoms with E-state index in [0.717, 1.165) is 0 Å². The van der Waals surface area contributed by atoms with Gasteiger partial charge in [-0.3, -0.25) is 0 Å². The van der Waals surface area contributed by atoms with Crippen molar-refractivity contribution in [2.45, 2.75) is 17.9 Å². The summed E-state index contributed by atoms with van der Waals surface area (Å²) in [6, 6.07) is 6.10. The van der Waals surface area contributed by atoms with Gasteiger partial charge in [-0.2, -0.15) is 0 Å². The molecule has 0 aliphatic rings. The van der Waals surface area contributed by atoms with Crippen molar-refractivity contribution in [3.8, 4) is 0 Å². The average molecular weight is 287 g/mol. The lowest BCUT2D eigenvalue weighted by Crippen LogP contribution is -2.20. The number of carbonyl (C=O) groups excluding carboxylic acids is 1. The molecule has 0 radical (unpaired) electrons. The summed E-state index contributed by atoms with van der Waals surface area (Å²) in [5, 5.41) is 0. The van der Waals surface area contributed by atoms with Crippen LogP contribution in [0.1, 0.15) is 18.6 Å². The molecule has 0 saturated carbocycles. The first-order chi connectivity index (χ1) is 8.90. The van der Waals surface area contributed by atoms with Crippen LogP contribution in [0, 0.1) is 0 Å². The van der Waals surface area contributed by atoms with E-state index in [4.69, 9.17) is 15.2 Å². The van der Waals surface area contributed by atoms with Crippen LogP contribution in [0.4, 0.5) is 4.79 Å². The molecular formula is C12H17NO5S. The maximum absolute atomic E-state index is 11.7. The average Bonchev–Trinajstić information content (AvgIpc) is 2.38. The lowest BCUT2D eigenvalue weighted by atomic mass is 10.1. The molecule has 0 aliphatic carbocycles. The highest BCUT2D eigenvalue weighted by molar-refractivity contribution is 7.91. The maximum atomic E-state index is 11.7. The highest BCUT2D eigenvalue weighted by Gasteiger charge is 2.17. The second-order valence-electron chi connectivity index (χ2n) is 3.85. The number of ether oxygens (including phenoxy) is 2. The summed E-state index contributed by atoms with van der Waals surface area (Å²) >= 11 is 0. The van der Waals surface area contributed by atoms with Gasteiger partial charge < -0.3 is 15.2 Å². The van der Waals surface area contributed by atoms with Gasteiger partial charge in [-0.15, -0.1) is 0 Å². The van der Waals surface area contributed by atoms with Crippen LogP contribution in [0.3, 0.4) is 0 Å². The Morgan fingerprint density at radius 3 is 2.32 bits per heavy atom. The highest BCUT2D eigenvalue weighted by atomic mass is 32.2. The van der Waals surface area contributed by atoms with E-state index in [1.54, 1.807) is 19.1 Å². The van der Waals surface area contributed by atoms with Crippen LogP contribution in [0.5, 0.6) is 0 Å². The van der Waals surface area contributed by atoms with Crippen LogP contribution < -0.4 is 5.73 Å². The molecule has 0 aliphatic heterocycles. The van der Waals surface area contributed by atoms with Gasteiger partial charge in [0, 0.05) is 7.11 Å². The fourth-order valence-corrected chi connectivity index (χ4v) is 2.43. The van der Waals surface area contributed by atoms with Gasteiger partial charge in [0.15, 0.2) is 15.9 Å². The highest BCUT2D eigenvalue weighted by Crippen LogP contribution is 2.20. The molecule has 1 aromatic carbocycles. The fourth-order valence-electron chi connectivity index (χ4n) is 1.55. The molecule has 0 heterocycles. The summed E-state index contributed by atoms with van der Waals surface area (Å²) in [7, 11) is -1.77. The van der Waals surface area contributed by atoms with Crippen LogP contribution in [-0.4, -0.2) is 34.0 Å². The molecule has 2 N–H and O–H groups in total. The molecular weight excluding hydrogens is 270 g/mol. The van der Waals surface area contributed by atoms with Crippen LogP contribution in [0.25, 0.3) is 0 Å².